The lowest BCUT2D eigenvalue weighted by atomic mass is 9.77. The molecule has 1 aromatic carbocycles. The topological polar surface area (TPSA) is 37.3 Å². The van der Waals surface area contributed by atoms with Crippen LogP contribution in [0.25, 0.3) is 0 Å². The van der Waals surface area contributed by atoms with E-state index in [4.69, 9.17) is 0 Å². The van der Waals surface area contributed by atoms with Crippen molar-refractivity contribution in [1.82, 2.24) is 0 Å². The maximum atomic E-state index is 12.3. The number of benzene rings is 1. The molecule has 0 aliphatic heterocycles. The molecule has 1 fully saturated rings. The van der Waals surface area contributed by atoms with Crippen LogP contribution in [-0.4, -0.2) is 10.9 Å². The Bertz CT molecular complexity index is 394. The number of Topliss-reactive ketones (excluding diaryl/α,β-unsaturated/α-hetero) is 1. The lowest BCUT2D eigenvalue weighted by Crippen LogP contribution is -2.24. The number of ketones is 1. The standard InChI is InChI=1S/C16H22O2/c1-2-12-4-3-5-14(10-12)16(18)11-13-6-8-15(17)9-7-13/h6-9,12,14,17H,2-5,10-11H2,1H3. The molecule has 2 nitrogen and oxygen atoms in total. The van der Waals surface area contributed by atoms with Gasteiger partial charge in [0.2, 0.25) is 0 Å². The Hall–Kier alpha value is -1.31. The van der Waals surface area contributed by atoms with Gasteiger partial charge in [-0.2, -0.15) is 0 Å². The van der Waals surface area contributed by atoms with Crippen LogP contribution in [0.5, 0.6) is 5.75 Å². The molecule has 0 amide bonds. The summed E-state index contributed by atoms with van der Waals surface area (Å²) < 4.78 is 0. The van der Waals surface area contributed by atoms with E-state index >= 15 is 0 Å². The molecule has 1 saturated carbocycles. The normalized spacial score (nSPS) is 23.8. The summed E-state index contributed by atoms with van der Waals surface area (Å²) >= 11 is 0. The van der Waals surface area contributed by atoms with Gasteiger partial charge in [-0.25, -0.2) is 0 Å². The monoisotopic (exact) mass is 246 g/mol. The van der Waals surface area contributed by atoms with Crippen molar-refractivity contribution in [3.63, 3.8) is 0 Å². The molecule has 1 aliphatic rings. The Morgan fingerprint density at radius 1 is 1.28 bits per heavy atom. The summed E-state index contributed by atoms with van der Waals surface area (Å²) in [5.41, 5.74) is 1.01. The third kappa shape index (κ3) is 3.34. The van der Waals surface area contributed by atoms with Crippen molar-refractivity contribution in [1.29, 1.82) is 0 Å². The van der Waals surface area contributed by atoms with E-state index in [1.165, 1.54) is 19.3 Å². The Morgan fingerprint density at radius 3 is 2.67 bits per heavy atom. The first kappa shape index (κ1) is 13.1. The Morgan fingerprint density at radius 2 is 2.00 bits per heavy atom. The largest absolute Gasteiger partial charge is 0.508 e. The fourth-order valence-corrected chi connectivity index (χ4v) is 2.91. The average molecular weight is 246 g/mol. The van der Waals surface area contributed by atoms with Crippen LogP contribution in [0, 0.1) is 11.8 Å². The highest BCUT2D eigenvalue weighted by Gasteiger charge is 2.25. The van der Waals surface area contributed by atoms with Crippen LogP contribution >= 0.6 is 0 Å². The third-order valence-corrected chi connectivity index (χ3v) is 4.13. The molecule has 2 rings (SSSR count). The number of phenols is 1. The number of aromatic hydroxyl groups is 1. The smallest absolute Gasteiger partial charge is 0.140 e. The van der Waals surface area contributed by atoms with Crippen molar-refractivity contribution in [3.8, 4) is 5.75 Å². The Labute approximate surface area is 109 Å². The average Bonchev–Trinajstić information content (AvgIpc) is 2.41. The highest BCUT2D eigenvalue weighted by Crippen LogP contribution is 2.32. The zero-order valence-electron chi connectivity index (χ0n) is 11.1. The second kappa shape index (κ2) is 6.03. The van der Waals surface area contributed by atoms with Crippen LogP contribution in [0.15, 0.2) is 24.3 Å². The number of rotatable bonds is 4. The van der Waals surface area contributed by atoms with Gasteiger partial charge in [-0.05, 0) is 36.5 Å². The van der Waals surface area contributed by atoms with Crippen molar-refractivity contribution in [2.24, 2.45) is 11.8 Å². The Kier molecular flexibility index (Phi) is 4.40. The van der Waals surface area contributed by atoms with Gasteiger partial charge in [-0.1, -0.05) is 38.3 Å². The first-order valence-electron chi connectivity index (χ1n) is 6.99. The molecule has 98 valence electrons. The lowest BCUT2D eigenvalue weighted by Gasteiger charge is -2.27. The third-order valence-electron chi connectivity index (χ3n) is 4.13. The number of carbonyl (C=O) groups excluding carboxylic acids is 1. The van der Waals surface area contributed by atoms with E-state index < -0.39 is 0 Å². The van der Waals surface area contributed by atoms with Gasteiger partial charge in [0.05, 0.1) is 0 Å². The van der Waals surface area contributed by atoms with E-state index in [0.717, 1.165) is 24.3 Å². The van der Waals surface area contributed by atoms with E-state index in [0.29, 0.717) is 12.2 Å². The minimum Gasteiger partial charge on any atom is -0.508 e. The predicted molar refractivity (Wildman–Crippen MR) is 72.6 cm³/mol. The number of hydrogen-bond donors (Lipinski definition) is 1. The van der Waals surface area contributed by atoms with Crippen molar-refractivity contribution < 1.29 is 9.90 Å². The van der Waals surface area contributed by atoms with Crippen LogP contribution in [0.1, 0.15) is 44.6 Å². The summed E-state index contributed by atoms with van der Waals surface area (Å²) in [4.78, 5) is 12.3. The van der Waals surface area contributed by atoms with Gasteiger partial charge in [0.15, 0.2) is 0 Å². The van der Waals surface area contributed by atoms with Gasteiger partial charge in [-0.3, -0.25) is 4.79 Å². The maximum Gasteiger partial charge on any atom is 0.140 e. The van der Waals surface area contributed by atoms with Gasteiger partial charge < -0.3 is 5.11 Å². The molecule has 0 bridgehead atoms. The fourth-order valence-electron chi connectivity index (χ4n) is 2.91. The molecule has 18 heavy (non-hydrogen) atoms. The molecule has 0 saturated heterocycles. The molecule has 2 heteroatoms. The van der Waals surface area contributed by atoms with Crippen molar-refractivity contribution in [2.45, 2.75) is 45.4 Å². The van der Waals surface area contributed by atoms with Crippen molar-refractivity contribution in [2.75, 3.05) is 0 Å². The molecule has 0 heterocycles. The van der Waals surface area contributed by atoms with E-state index in [1.807, 2.05) is 12.1 Å². The second-order valence-corrected chi connectivity index (χ2v) is 5.45. The van der Waals surface area contributed by atoms with E-state index in [-0.39, 0.29) is 11.7 Å². The van der Waals surface area contributed by atoms with Crippen molar-refractivity contribution in [3.05, 3.63) is 29.8 Å². The fraction of sp³-hybridized carbons (Fsp3) is 0.562. The molecule has 2 unspecified atom stereocenters. The number of carbonyl (C=O) groups is 1. The van der Waals surface area contributed by atoms with Gasteiger partial charge in [0, 0.05) is 12.3 Å². The van der Waals surface area contributed by atoms with Crippen LogP contribution < -0.4 is 0 Å². The summed E-state index contributed by atoms with van der Waals surface area (Å²) in [6.07, 6.45) is 6.34. The van der Waals surface area contributed by atoms with Crippen LogP contribution in [0.2, 0.25) is 0 Å². The summed E-state index contributed by atoms with van der Waals surface area (Å²) in [7, 11) is 0. The lowest BCUT2D eigenvalue weighted by molar-refractivity contribution is -0.123. The van der Waals surface area contributed by atoms with Crippen LogP contribution in [-0.2, 0) is 11.2 Å². The summed E-state index contributed by atoms with van der Waals surface area (Å²) in [6, 6.07) is 6.98. The van der Waals surface area contributed by atoms with Gasteiger partial charge >= 0.3 is 0 Å². The van der Waals surface area contributed by atoms with Crippen LogP contribution in [0.4, 0.5) is 0 Å². The summed E-state index contributed by atoms with van der Waals surface area (Å²) in [5, 5.41) is 9.22. The summed E-state index contributed by atoms with van der Waals surface area (Å²) in [6.45, 7) is 2.22. The van der Waals surface area contributed by atoms with Crippen molar-refractivity contribution >= 4 is 5.78 Å². The van der Waals surface area contributed by atoms with Gasteiger partial charge in [0.25, 0.3) is 0 Å². The molecule has 1 aliphatic carbocycles. The summed E-state index contributed by atoms with van der Waals surface area (Å²) in [5.74, 6) is 1.64. The second-order valence-electron chi connectivity index (χ2n) is 5.45. The van der Waals surface area contributed by atoms with Gasteiger partial charge in [0.1, 0.15) is 11.5 Å². The minimum atomic E-state index is 0.259. The number of phenolic OH excluding ortho intramolecular Hbond substituents is 1. The molecule has 1 aromatic rings. The molecule has 2 atom stereocenters. The zero-order valence-corrected chi connectivity index (χ0v) is 11.1. The molecular formula is C16H22O2. The first-order chi connectivity index (χ1) is 8.69. The van der Waals surface area contributed by atoms with E-state index in [1.54, 1.807) is 12.1 Å². The minimum absolute atomic E-state index is 0.259. The molecule has 0 spiro atoms. The molecule has 0 aromatic heterocycles. The maximum absolute atomic E-state index is 12.3. The number of hydrogen-bond acceptors (Lipinski definition) is 2. The molecular weight excluding hydrogens is 224 g/mol. The molecule has 1 N–H and O–H groups in total. The highest BCUT2D eigenvalue weighted by molar-refractivity contribution is 5.83. The Balaban J connectivity index is 1.93. The van der Waals surface area contributed by atoms with Gasteiger partial charge in [-0.15, -0.1) is 0 Å². The van der Waals surface area contributed by atoms with E-state index in [2.05, 4.69) is 6.92 Å². The highest BCUT2D eigenvalue weighted by atomic mass is 16.3. The SMILES string of the molecule is CCC1CCCC(C(=O)Cc2ccc(O)cc2)C1. The molecule has 0 radical (unpaired) electrons. The first-order valence-corrected chi connectivity index (χ1v) is 6.99. The zero-order chi connectivity index (χ0) is 13.0. The van der Waals surface area contributed by atoms with Crippen LogP contribution in [0.3, 0.4) is 0 Å². The quantitative estimate of drug-likeness (QED) is 0.879. The van der Waals surface area contributed by atoms with E-state index in [9.17, 15) is 9.90 Å². The predicted octanol–water partition coefficient (Wildman–Crippen LogP) is 3.72.